The van der Waals surface area contributed by atoms with Gasteiger partial charge in [-0.15, -0.1) is 0 Å². The van der Waals surface area contributed by atoms with E-state index in [0.29, 0.717) is 11.1 Å². The lowest BCUT2D eigenvalue weighted by Gasteiger charge is -2.42. The van der Waals surface area contributed by atoms with E-state index in [-0.39, 0.29) is 33.5 Å². The average molecular weight is 705 g/mol. The molecule has 0 N–H and O–H groups in total. The van der Waals surface area contributed by atoms with Gasteiger partial charge in [0.1, 0.15) is 11.1 Å². The highest BCUT2D eigenvalue weighted by Gasteiger charge is 2.46. The molecule has 4 heterocycles. The van der Waals surface area contributed by atoms with E-state index in [1.807, 2.05) is 48.5 Å². The summed E-state index contributed by atoms with van der Waals surface area (Å²) < 4.78 is 12.0. The number of benzene rings is 6. The third-order valence-electron chi connectivity index (χ3n) is 11.5. The van der Waals surface area contributed by atoms with Crippen molar-refractivity contribution >= 4 is 57.2 Å². The molecule has 6 heteroatoms. The molecule has 262 valence electrons. The van der Waals surface area contributed by atoms with E-state index >= 15 is 0 Å². The predicted octanol–water partition coefficient (Wildman–Crippen LogP) is 11.1. The van der Waals surface area contributed by atoms with Gasteiger partial charge in [-0.2, -0.15) is 0 Å². The highest BCUT2D eigenvalue weighted by molar-refractivity contribution is 6.29. The molecule has 0 spiro atoms. The number of hydrogen-bond donors (Lipinski definition) is 0. The first-order chi connectivity index (χ1) is 26.1. The van der Waals surface area contributed by atoms with Crippen LogP contribution in [0.3, 0.4) is 0 Å². The summed E-state index contributed by atoms with van der Waals surface area (Å²) >= 11 is 0. The summed E-state index contributed by atoms with van der Waals surface area (Å²) in [7, 11) is 0. The maximum absolute atomic E-state index is 13.8. The number of rotatable bonds is 4. The second-order valence-electron chi connectivity index (χ2n) is 15.3. The van der Waals surface area contributed by atoms with Gasteiger partial charge in [-0.05, 0) is 94.0 Å². The Bertz CT molecular complexity index is 2470. The molecule has 10 rings (SSSR count). The Labute approximate surface area is 314 Å². The van der Waals surface area contributed by atoms with Crippen LogP contribution in [0.4, 0.5) is 34.1 Å². The number of carbonyl (C=O) groups excluding carboxylic acids is 2. The van der Waals surface area contributed by atoms with Crippen LogP contribution >= 0.6 is 0 Å². The molecule has 0 unspecified atom stereocenters. The average Bonchev–Trinajstić information content (AvgIpc) is 3.67. The molecule has 6 aromatic rings. The smallest absolute Gasteiger partial charge is 0.348 e. The molecule has 0 saturated heterocycles. The van der Waals surface area contributed by atoms with Crippen molar-refractivity contribution in [1.29, 1.82) is 0 Å². The molecular formula is C48H36N2O4. The molecule has 4 aliphatic heterocycles. The molecule has 4 aliphatic rings. The number of para-hydroxylation sites is 4. The van der Waals surface area contributed by atoms with E-state index in [4.69, 9.17) is 9.47 Å². The summed E-state index contributed by atoms with van der Waals surface area (Å²) in [6.07, 6.45) is 0. The van der Waals surface area contributed by atoms with Crippen LogP contribution in [0.25, 0.3) is 11.1 Å². The van der Waals surface area contributed by atoms with Crippen LogP contribution in [-0.2, 0) is 29.9 Å². The summed E-state index contributed by atoms with van der Waals surface area (Å²) in [5, 5.41) is 0. The van der Waals surface area contributed by atoms with Crippen LogP contribution in [0.15, 0.2) is 157 Å². The number of esters is 2. The zero-order chi connectivity index (χ0) is 36.9. The van der Waals surface area contributed by atoms with Crippen LogP contribution in [0.1, 0.15) is 61.1 Å². The molecule has 0 atom stereocenters. The largest absolute Gasteiger partial charge is 0.418 e. The lowest BCUT2D eigenvalue weighted by molar-refractivity contribution is -0.131. The van der Waals surface area contributed by atoms with Crippen molar-refractivity contribution in [2.45, 2.75) is 38.5 Å². The van der Waals surface area contributed by atoms with Crippen LogP contribution in [0.5, 0.6) is 0 Å². The summed E-state index contributed by atoms with van der Waals surface area (Å²) in [6, 6.07) is 49.5. The van der Waals surface area contributed by atoms with Crippen LogP contribution in [-0.4, -0.2) is 11.9 Å². The Hall–Kier alpha value is -6.66. The van der Waals surface area contributed by atoms with Crippen molar-refractivity contribution in [2.75, 3.05) is 9.80 Å². The minimum Gasteiger partial charge on any atom is -0.418 e. The number of fused-ring (bicyclic) bond motifs is 5. The fourth-order valence-corrected chi connectivity index (χ4v) is 8.82. The van der Waals surface area contributed by atoms with Crippen molar-refractivity contribution in [3.8, 4) is 0 Å². The van der Waals surface area contributed by atoms with Gasteiger partial charge in [0.05, 0.1) is 22.7 Å². The highest BCUT2D eigenvalue weighted by Crippen LogP contribution is 2.55. The van der Waals surface area contributed by atoms with Gasteiger partial charge < -0.3 is 19.3 Å². The summed E-state index contributed by atoms with van der Waals surface area (Å²) in [6.45, 7) is 8.82. The first-order valence-electron chi connectivity index (χ1n) is 18.3. The summed E-state index contributed by atoms with van der Waals surface area (Å²) in [5.74, 6) is -0.744. The first kappa shape index (κ1) is 32.0. The molecule has 0 fully saturated rings. The Balaban J connectivity index is 1.11. The second kappa shape index (κ2) is 11.4. The molecule has 6 nitrogen and oxygen atoms in total. The maximum Gasteiger partial charge on any atom is 0.348 e. The Morgan fingerprint density at radius 1 is 0.407 bits per heavy atom. The molecule has 0 aromatic heterocycles. The minimum atomic E-state index is -0.540. The molecule has 0 bridgehead atoms. The molecule has 0 aliphatic carbocycles. The van der Waals surface area contributed by atoms with Gasteiger partial charge in [-0.25, -0.2) is 9.59 Å². The van der Waals surface area contributed by atoms with Gasteiger partial charge in [-0.3, -0.25) is 0 Å². The van der Waals surface area contributed by atoms with Gasteiger partial charge in [0.15, 0.2) is 11.5 Å². The standard InChI is InChI=1S/C48H36N2O4/c1-47(2)33-19-11-13-21-37(33)49(31-15-7-5-8-16-31)39-25-23-29(27-35(39)47)41-43-44(54-45(41)51)42(46(52)53-43)30-24-26-40-36(28-30)48(3,4)34-20-12-14-22-38(34)50(40)32-17-9-6-10-18-32/h5-28H,1-4H3. The molecule has 6 aromatic carbocycles. The van der Waals surface area contributed by atoms with Gasteiger partial charge in [0.25, 0.3) is 0 Å². The fraction of sp³-hybridized carbons (Fsp3) is 0.125. The normalized spacial score (nSPS) is 17.3. The Kier molecular flexibility index (Phi) is 6.77. The summed E-state index contributed by atoms with van der Waals surface area (Å²) in [5.41, 5.74) is 11.8. The lowest BCUT2D eigenvalue weighted by atomic mass is 9.72. The quantitative estimate of drug-likeness (QED) is 0.170. The van der Waals surface area contributed by atoms with Gasteiger partial charge in [-0.1, -0.05) is 113 Å². The van der Waals surface area contributed by atoms with Crippen LogP contribution in [0, 0.1) is 0 Å². The van der Waals surface area contributed by atoms with E-state index in [1.165, 1.54) is 11.1 Å². The van der Waals surface area contributed by atoms with E-state index in [9.17, 15) is 9.59 Å². The summed E-state index contributed by atoms with van der Waals surface area (Å²) in [4.78, 5) is 32.2. The second-order valence-corrected chi connectivity index (χ2v) is 15.3. The van der Waals surface area contributed by atoms with Crippen molar-refractivity contribution in [3.63, 3.8) is 0 Å². The zero-order valence-corrected chi connectivity index (χ0v) is 30.4. The van der Waals surface area contributed by atoms with Crippen molar-refractivity contribution < 1.29 is 19.1 Å². The molecule has 54 heavy (non-hydrogen) atoms. The SMILES string of the molecule is CC1(C)c2ccccc2N(c2ccccc2)c2ccc(C3=C4OC(=O)C(c5ccc6c(c5)C(C)(C)c5ccccc5N6c5ccccc5)=C4OC3=O)cc21. The Morgan fingerprint density at radius 3 is 1.17 bits per heavy atom. The fourth-order valence-electron chi connectivity index (χ4n) is 8.82. The number of nitrogens with zero attached hydrogens (tertiary/aromatic N) is 2. The third kappa shape index (κ3) is 4.46. The van der Waals surface area contributed by atoms with E-state index in [0.717, 1.165) is 45.3 Å². The molecule has 0 saturated carbocycles. The van der Waals surface area contributed by atoms with E-state index in [2.05, 4.69) is 135 Å². The Morgan fingerprint density at radius 2 is 0.759 bits per heavy atom. The monoisotopic (exact) mass is 704 g/mol. The van der Waals surface area contributed by atoms with E-state index in [1.54, 1.807) is 0 Å². The lowest BCUT2D eigenvalue weighted by Crippen LogP contribution is -2.30. The van der Waals surface area contributed by atoms with Crippen LogP contribution in [0.2, 0.25) is 0 Å². The van der Waals surface area contributed by atoms with Crippen molar-refractivity contribution in [2.24, 2.45) is 0 Å². The molecule has 0 amide bonds. The highest BCUT2D eigenvalue weighted by atomic mass is 16.6. The number of anilines is 6. The van der Waals surface area contributed by atoms with Gasteiger partial charge in [0.2, 0.25) is 0 Å². The minimum absolute atomic E-state index is 0.169. The number of hydrogen-bond acceptors (Lipinski definition) is 6. The van der Waals surface area contributed by atoms with Crippen LogP contribution < -0.4 is 9.80 Å². The third-order valence-corrected chi connectivity index (χ3v) is 11.5. The molecular weight excluding hydrogens is 669 g/mol. The van der Waals surface area contributed by atoms with Gasteiger partial charge >= 0.3 is 11.9 Å². The predicted molar refractivity (Wildman–Crippen MR) is 213 cm³/mol. The zero-order valence-electron chi connectivity index (χ0n) is 30.4. The topological polar surface area (TPSA) is 59.1 Å². The van der Waals surface area contributed by atoms with Crippen molar-refractivity contribution in [1.82, 2.24) is 0 Å². The van der Waals surface area contributed by atoms with E-state index < -0.39 is 11.9 Å². The first-order valence-corrected chi connectivity index (χ1v) is 18.3. The number of carbonyl (C=O) groups is 2. The molecule has 0 radical (unpaired) electrons. The number of ether oxygens (including phenoxy) is 2. The van der Waals surface area contributed by atoms with Gasteiger partial charge in [0, 0.05) is 22.2 Å². The maximum atomic E-state index is 13.8. The van der Waals surface area contributed by atoms with Crippen molar-refractivity contribution in [3.05, 3.63) is 190 Å².